The number of methoxy groups -OCH3 is 1. The maximum atomic E-state index is 13.7. The summed E-state index contributed by atoms with van der Waals surface area (Å²) >= 11 is 0. The second-order valence-electron chi connectivity index (χ2n) is 9.44. The number of hydrogen-bond donors (Lipinski definition) is 0. The van der Waals surface area contributed by atoms with Crippen molar-refractivity contribution >= 4 is 10.9 Å². The average Bonchev–Trinajstić information content (AvgIpc) is 2.84. The zero-order valence-electron chi connectivity index (χ0n) is 22.7. The molecule has 1 aromatic heterocycles. The van der Waals surface area contributed by atoms with E-state index in [1.165, 1.54) is 11.1 Å². The molecule has 0 aliphatic carbocycles. The van der Waals surface area contributed by atoms with Crippen molar-refractivity contribution in [3.63, 3.8) is 0 Å². The van der Waals surface area contributed by atoms with E-state index in [-0.39, 0.29) is 5.56 Å². The minimum Gasteiger partial charge on any atom is -0.497 e. The molecule has 0 aliphatic rings. The molecule has 35 heavy (non-hydrogen) atoms. The highest BCUT2D eigenvalue weighted by Gasteiger charge is 2.20. The molecule has 1 aromatic carbocycles. The van der Waals surface area contributed by atoms with Crippen LogP contribution in [0.4, 0.5) is 0 Å². The van der Waals surface area contributed by atoms with Crippen LogP contribution in [0.15, 0.2) is 46.3 Å². The van der Waals surface area contributed by atoms with Gasteiger partial charge in [0.2, 0.25) is 5.75 Å². The number of aryl methyl sites for hydroxylation is 1. The van der Waals surface area contributed by atoms with Crippen LogP contribution in [0.3, 0.4) is 0 Å². The number of hydrogen-bond acceptors (Lipinski definition) is 4. The summed E-state index contributed by atoms with van der Waals surface area (Å²) < 4.78 is 19.6. The molecule has 0 atom stereocenters. The normalized spacial score (nSPS) is 11.5. The smallest absolute Gasteiger partial charge is 0.297 e. The van der Waals surface area contributed by atoms with Crippen molar-refractivity contribution in [1.29, 1.82) is 0 Å². The molecule has 1 heterocycles. The minimum absolute atomic E-state index is 0.127. The maximum absolute atomic E-state index is 13.7. The van der Waals surface area contributed by atoms with Gasteiger partial charge in [-0.3, -0.25) is 4.79 Å². The van der Waals surface area contributed by atoms with E-state index in [2.05, 4.69) is 46.8 Å². The van der Waals surface area contributed by atoms with Crippen molar-refractivity contribution in [2.45, 2.75) is 92.5 Å². The monoisotopic (exact) mass is 483 g/mol. The van der Waals surface area contributed by atoms with E-state index in [9.17, 15) is 4.79 Å². The number of benzene rings is 1. The molecule has 5 nitrogen and oxygen atoms in total. The predicted molar refractivity (Wildman–Crippen MR) is 147 cm³/mol. The van der Waals surface area contributed by atoms with Gasteiger partial charge in [-0.2, -0.15) is 0 Å². The van der Waals surface area contributed by atoms with Crippen molar-refractivity contribution in [2.75, 3.05) is 20.3 Å². The Labute approximate surface area is 211 Å². The standard InChI is InChI=1S/C30H45NO4/c1-7-9-11-12-19-31-27-22-25(33-6)16-17-26(27)28(29(30(31)32)34-20-10-8-2)35-21-18-24(5)15-13-14-23(3)4/h14,16-18,22H,7-13,15,19-21H2,1-6H3/b24-18+. The van der Waals surface area contributed by atoms with Crippen LogP contribution in [0.25, 0.3) is 10.9 Å². The fraction of sp³-hybridized carbons (Fsp3) is 0.567. The van der Waals surface area contributed by atoms with Gasteiger partial charge in [0.25, 0.3) is 5.56 Å². The van der Waals surface area contributed by atoms with Gasteiger partial charge in [-0.25, -0.2) is 0 Å². The first-order chi connectivity index (χ1) is 16.9. The lowest BCUT2D eigenvalue weighted by molar-refractivity contribution is 0.274. The highest BCUT2D eigenvalue weighted by Crippen LogP contribution is 2.35. The van der Waals surface area contributed by atoms with Gasteiger partial charge < -0.3 is 18.8 Å². The summed E-state index contributed by atoms with van der Waals surface area (Å²) in [6, 6.07) is 5.82. The number of aromatic nitrogens is 1. The summed E-state index contributed by atoms with van der Waals surface area (Å²) in [6.45, 7) is 12.2. The van der Waals surface area contributed by atoms with E-state index >= 15 is 0 Å². The van der Waals surface area contributed by atoms with Gasteiger partial charge >= 0.3 is 0 Å². The number of nitrogens with zero attached hydrogens (tertiary/aromatic N) is 1. The Morgan fingerprint density at radius 3 is 2.40 bits per heavy atom. The van der Waals surface area contributed by atoms with Crippen molar-refractivity contribution in [3.8, 4) is 17.2 Å². The van der Waals surface area contributed by atoms with Crippen LogP contribution in [0.5, 0.6) is 17.2 Å². The molecule has 0 bridgehead atoms. The van der Waals surface area contributed by atoms with Gasteiger partial charge in [-0.15, -0.1) is 0 Å². The zero-order chi connectivity index (χ0) is 25.6. The Morgan fingerprint density at radius 2 is 1.71 bits per heavy atom. The van der Waals surface area contributed by atoms with Crippen LogP contribution in [0, 0.1) is 0 Å². The van der Waals surface area contributed by atoms with E-state index in [4.69, 9.17) is 14.2 Å². The Kier molecular flexibility index (Phi) is 12.5. The third-order valence-corrected chi connectivity index (χ3v) is 6.12. The van der Waals surface area contributed by atoms with Crippen molar-refractivity contribution < 1.29 is 14.2 Å². The molecular formula is C30H45NO4. The third kappa shape index (κ3) is 8.79. The lowest BCUT2D eigenvalue weighted by Crippen LogP contribution is -2.24. The second kappa shape index (κ2) is 15.3. The number of ether oxygens (including phenoxy) is 3. The zero-order valence-corrected chi connectivity index (χ0v) is 22.7. The molecule has 0 amide bonds. The van der Waals surface area contributed by atoms with E-state index in [0.29, 0.717) is 31.3 Å². The molecule has 2 aromatic rings. The molecular weight excluding hydrogens is 438 g/mol. The molecule has 194 valence electrons. The number of unbranched alkanes of at least 4 members (excludes halogenated alkanes) is 4. The van der Waals surface area contributed by atoms with E-state index in [1.807, 2.05) is 22.8 Å². The molecule has 0 radical (unpaired) electrons. The second-order valence-corrected chi connectivity index (χ2v) is 9.44. The van der Waals surface area contributed by atoms with Crippen LogP contribution < -0.4 is 19.8 Å². The SMILES string of the molecule is CCCCCCn1c(=O)c(OCCCC)c(OC/C=C(\C)CCC=C(C)C)c2ccc(OC)cc21. The number of allylic oxidation sites excluding steroid dienone is 3. The fourth-order valence-corrected chi connectivity index (χ4v) is 3.97. The summed E-state index contributed by atoms with van der Waals surface area (Å²) in [7, 11) is 1.65. The minimum atomic E-state index is -0.127. The third-order valence-electron chi connectivity index (χ3n) is 6.12. The van der Waals surface area contributed by atoms with Gasteiger partial charge in [-0.05, 0) is 64.7 Å². The first-order valence-corrected chi connectivity index (χ1v) is 13.2. The van der Waals surface area contributed by atoms with Crippen molar-refractivity contribution in [3.05, 3.63) is 51.9 Å². The fourth-order valence-electron chi connectivity index (χ4n) is 3.97. The van der Waals surface area contributed by atoms with Gasteiger partial charge in [0.15, 0.2) is 5.75 Å². The van der Waals surface area contributed by atoms with E-state index in [0.717, 1.165) is 68.0 Å². The van der Waals surface area contributed by atoms with E-state index in [1.54, 1.807) is 7.11 Å². The summed E-state index contributed by atoms with van der Waals surface area (Å²) in [5.74, 6) is 1.57. The first-order valence-electron chi connectivity index (χ1n) is 13.2. The first kappa shape index (κ1) is 28.5. The summed E-state index contributed by atoms with van der Waals surface area (Å²) in [5, 5.41) is 0.878. The molecule has 0 spiro atoms. The number of fused-ring (bicyclic) bond motifs is 1. The molecule has 0 fully saturated rings. The highest BCUT2D eigenvalue weighted by molar-refractivity contribution is 5.89. The van der Waals surface area contributed by atoms with Crippen molar-refractivity contribution in [2.24, 2.45) is 0 Å². The van der Waals surface area contributed by atoms with Crippen LogP contribution in [-0.2, 0) is 6.54 Å². The molecule has 0 unspecified atom stereocenters. The Hall–Kier alpha value is -2.69. The Bertz CT molecular complexity index is 1040. The molecule has 5 heteroatoms. The van der Waals surface area contributed by atoms with Gasteiger partial charge in [0, 0.05) is 18.0 Å². The van der Waals surface area contributed by atoms with Crippen LogP contribution in [-0.4, -0.2) is 24.9 Å². The topological polar surface area (TPSA) is 49.7 Å². The quantitative estimate of drug-likeness (QED) is 0.180. The molecule has 0 saturated carbocycles. The van der Waals surface area contributed by atoms with Gasteiger partial charge in [0.1, 0.15) is 12.4 Å². The van der Waals surface area contributed by atoms with Crippen LogP contribution in [0.1, 0.15) is 86.0 Å². The molecule has 0 aliphatic heterocycles. The number of rotatable bonds is 16. The van der Waals surface area contributed by atoms with Gasteiger partial charge in [0.05, 0.1) is 19.2 Å². The number of pyridine rings is 1. The highest BCUT2D eigenvalue weighted by atomic mass is 16.5. The Balaban J connectivity index is 2.45. The summed E-state index contributed by atoms with van der Waals surface area (Å²) in [6.07, 6.45) is 12.6. The summed E-state index contributed by atoms with van der Waals surface area (Å²) in [5.41, 5.74) is 3.30. The van der Waals surface area contributed by atoms with Crippen LogP contribution in [0.2, 0.25) is 0 Å². The molecule has 0 N–H and O–H groups in total. The summed E-state index contributed by atoms with van der Waals surface area (Å²) in [4.78, 5) is 13.7. The molecule has 0 saturated heterocycles. The maximum Gasteiger partial charge on any atom is 0.297 e. The lowest BCUT2D eigenvalue weighted by atomic mass is 10.1. The lowest BCUT2D eigenvalue weighted by Gasteiger charge is -2.19. The average molecular weight is 484 g/mol. The largest absolute Gasteiger partial charge is 0.497 e. The van der Waals surface area contributed by atoms with Crippen molar-refractivity contribution in [1.82, 2.24) is 4.57 Å². The predicted octanol–water partition coefficient (Wildman–Crippen LogP) is 7.84. The van der Waals surface area contributed by atoms with Gasteiger partial charge in [-0.1, -0.05) is 56.8 Å². The van der Waals surface area contributed by atoms with Crippen LogP contribution >= 0.6 is 0 Å². The Morgan fingerprint density at radius 1 is 0.943 bits per heavy atom. The van der Waals surface area contributed by atoms with E-state index < -0.39 is 0 Å². The molecule has 2 rings (SSSR count).